The molecule has 0 saturated carbocycles. The number of pyridine rings is 1. The van der Waals surface area contributed by atoms with Crippen LogP contribution in [0.3, 0.4) is 0 Å². The maximum Gasteiger partial charge on any atom is 0.166 e. The Morgan fingerprint density at radius 3 is 2.72 bits per heavy atom. The molecule has 1 aromatic carbocycles. The smallest absolute Gasteiger partial charge is 0.166 e. The van der Waals surface area contributed by atoms with Gasteiger partial charge in [0.05, 0.1) is 5.38 Å². The average molecular weight is 330 g/mol. The van der Waals surface area contributed by atoms with E-state index < -0.39 is 5.82 Å². The molecule has 1 heterocycles. The number of aromatic nitrogens is 1. The van der Waals surface area contributed by atoms with Crippen LogP contribution in [-0.4, -0.2) is 11.5 Å². The molecule has 1 aromatic heterocycles. The van der Waals surface area contributed by atoms with E-state index in [0.717, 1.165) is 5.56 Å². The molecular formula is C13H11BrClFN2. The number of anilines is 1. The first-order valence-corrected chi connectivity index (χ1v) is 6.63. The van der Waals surface area contributed by atoms with Gasteiger partial charge in [0.25, 0.3) is 0 Å². The van der Waals surface area contributed by atoms with E-state index in [1.807, 2.05) is 30.3 Å². The summed E-state index contributed by atoms with van der Waals surface area (Å²) >= 11 is 9.37. The zero-order chi connectivity index (χ0) is 13.0. The zero-order valence-corrected chi connectivity index (χ0v) is 11.7. The fraction of sp³-hybridized carbons (Fsp3) is 0.154. The second-order valence-corrected chi connectivity index (χ2v) is 5.19. The van der Waals surface area contributed by atoms with Crippen LogP contribution in [0.15, 0.2) is 47.1 Å². The topological polar surface area (TPSA) is 24.9 Å². The first-order chi connectivity index (χ1) is 8.66. The lowest BCUT2D eigenvalue weighted by atomic mass is 10.1. The maximum atomic E-state index is 13.5. The lowest BCUT2D eigenvalue weighted by Gasteiger charge is -2.12. The molecule has 0 saturated heterocycles. The molecule has 1 atom stereocenters. The minimum atomic E-state index is -0.402. The summed E-state index contributed by atoms with van der Waals surface area (Å²) in [6.07, 6.45) is 1.54. The van der Waals surface area contributed by atoms with Crippen LogP contribution in [0.2, 0.25) is 0 Å². The largest absolute Gasteiger partial charge is 0.366 e. The van der Waals surface area contributed by atoms with Gasteiger partial charge in [0.15, 0.2) is 11.6 Å². The lowest BCUT2D eigenvalue weighted by molar-refractivity contribution is 0.623. The third-order valence-corrected chi connectivity index (χ3v) is 3.26. The van der Waals surface area contributed by atoms with Crippen molar-refractivity contribution in [2.45, 2.75) is 5.38 Å². The first-order valence-electron chi connectivity index (χ1n) is 5.41. The number of rotatable bonds is 4. The van der Waals surface area contributed by atoms with Gasteiger partial charge in [0, 0.05) is 17.2 Å². The van der Waals surface area contributed by atoms with E-state index in [-0.39, 0.29) is 11.2 Å². The van der Waals surface area contributed by atoms with E-state index in [4.69, 9.17) is 11.6 Å². The summed E-state index contributed by atoms with van der Waals surface area (Å²) < 4.78 is 14.1. The second-order valence-electron chi connectivity index (χ2n) is 3.74. The summed E-state index contributed by atoms with van der Waals surface area (Å²) in [5.74, 6) is -0.193. The number of halogens is 3. The molecule has 0 fully saturated rings. The summed E-state index contributed by atoms with van der Waals surface area (Å²) in [7, 11) is 0. The van der Waals surface area contributed by atoms with Crippen molar-refractivity contribution in [1.82, 2.24) is 4.98 Å². The molecule has 0 bridgehead atoms. The van der Waals surface area contributed by atoms with Crippen molar-refractivity contribution in [2.24, 2.45) is 0 Å². The molecule has 0 aliphatic carbocycles. The van der Waals surface area contributed by atoms with Crippen molar-refractivity contribution in [3.05, 3.63) is 58.4 Å². The Morgan fingerprint density at radius 1 is 1.33 bits per heavy atom. The zero-order valence-electron chi connectivity index (χ0n) is 9.41. The van der Waals surface area contributed by atoms with Gasteiger partial charge in [-0.3, -0.25) is 0 Å². The average Bonchev–Trinajstić information content (AvgIpc) is 2.38. The summed E-state index contributed by atoms with van der Waals surface area (Å²) in [4.78, 5) is 3.95. The van der Waals surface area contributed by atoms with Gasteiger partial charge in [-0.2, -0.15) is 0 Å². The minimum Gasteiger partial charge on any atom is -0.366 e. The van der Waals surface area contributed by atoms with Crippen LogP contribution in [0.1, 0.15) is 10.9 Å². The molecule has 0 radical (unpaired) electrons. The highest BCUT2D eigenvalue weighted by atomic mass is 79.9. The van der Waals surface area contributed by atoms with Crippen molar-refractivity contribution >= 4 is 33.3 Å². The third kappa shape index (κ3) is 3.43. The Morgan fingerprint density at radius 2 is 2.06 bits per heavy atom. The molecule has 0 amide bonds. The molecule has 5 heteroatoms. The van der Waals surface area contributed by atoms with Crippen molar-refractivity contribution in [1.29, 1.82) is 0 Å². The third-order valence-electron chi connectivity index (χ3n) is 2.42. The van der Waals surface area contributed by atoms with Gasteiger partial charge in [0.1, 0.15) is 0 Å². The van der Waals surface area contributed by atoms with Gasteiger partial charge in [-0.15, -0.1) is 11.6 Å². The fourth-order valence-corrected chi connectivity index (χ4v) is 2.04. The first kappa shape index (κ1) is 13.3. The van der Waals surface area contributed by atoms with Gasteiger partial charge in [-0.05, 0) is 27.6 Å². The Labute approximate surface area is 118 Å². The molecule has 94 valence electrons. The van der Waals surface area contributed by atoms with E-state index in [2.05, 4.69) is 26.2 Å². The van der Waals surface area contributed by atoms with Crippen LogP contribution in [0.4, 0.5) is 10.2 Å². The van der Waals surface area contributed by atoms with Crippen molar-refractivity contribution in [3.63, 3.8) is 0 Å². The van der Waals surface area contributed by atoms with Crippen molar-refractivity contribution in [2.75, 3.05) is 11.9 Å². The predicted molar refractivity (Wildman–Crippen MR) is 75.4 cm³/mol. The number of alkyl halides is 1. The number of benzene rings is 1. The van der Waals surface area contributed by atoms with E-state index >= 15 is 0 Å². The summed E-state index contributed by atoms with van der Waals surface area (Å²) in [6, 6.07) is 11.0. The predicted octanol–water partition coefficient (Wildman–Crippen LogP) is 4.38. The molecule has 1 unspecified atom stereocenters. The second kappa shape index (κ2) is 6.16. The normalized spacial score (nSPS) is 12.2. The van der Waals surface area contributed by atoms with Crippen molar-refractivity contribution < 1.29 is 4.39 Å². The van der Waals surface area contributed by atoms with E-state index in [0.29, 0.717) is 11.0 Å². The van der Waals surface area contributed by atoms with E-state index in [1.54, 1.807) is 0 Å². The maximum absolute atomic E-state index is 13.5. The highest BCUT2D eigenvalue weighted by Gasteiger charge is 2.09. The molecule has 2 aromatic rings. The number of hydrogen-bond donors (Lipinski definition) is 1. The molecule has 0 aliphatic rings. The summed E-state index contributed by atoms with van der Waals surface area (Å²) in [6.45, 7) is 0.414. The minimum absolute atomic E-state index is 0.208. The SMILES string of the molecule is Fc1cc(Br)cnc1NCC(Cl)c1ccccc1. The summed E-state index contributed by atoms with van der Waals surface area (Å²) in [5, 5.41) is 2.67. The Kier molecular flexibility index (Phi) is 4.55. The number of hydrogen-bond acceptors (Lipinski definition) is 2. The molecule has 2 rings (SSSR count). The molecule has 0 spiro atoms. The molecule has 0 aliphatic heterocycles. The van der Waals surface area contributed by atoms with Gasteiger partial charge < -0.3 is 5.32 Å². The quantitative estimate of drug-likeness (QED) is 0.842. The highest BCUT2D eigenvalue weighted by Crippen LogP contribution is 2.22. The number of nitrogens with one attached hydrogen (secondary N) is 1. The van der Waals surface area contributed by atoms with E-state index in [1.165, 1.54) is 12.3 Å². The van der Waals surface area contributed by atoms with Crippen LogP contribution in [0.5, 0.6) is 0 Å². The Balaban J connectivity index is 1.99. The van der Waals surface area contributed by atoms with Gasteiger partial charge in [-0.25, -0.2) is 9.37 Å². The molecular weight excluding hydrogens is 319 g/mol. The van der Waals surface area contributed by atoms with Gasteiger partial charge in [0.2, 0.25) is 0 Å². The standard InChI is InChI=1S/C13H11BrClFN2/c14-10-6-12(16)13(17-7-10)18-8-11(15)9-4-2-1-3-5-9/h1-7,11H,8H2,(H,17,18). The Bertz CT molecular complexity index is 522. The molecule has 18 heavy (non-hydrogen) atoms. The Hall–Kier alpha value is -1.13. The monoisotopic (exact) mass is 328 g/mol. The van der Waals surface area contributed by atoms with E-state index in [9.17, 15) is 4.39 Å². The number of nitrogens with zero attached hydrogens (tertiary/aromatic N) is 1. The summed E-state index contributed by atoms with van der Waals surface area (Å²) in [5.41, 5.74) is 0.990. The molecule has 2 nitrogen and oxygen atoms in total. The van der Waals surface area contributed by atoms with Crippen molar-refractivity contribution in [3.8, 4) is 0 Å². The van der Waals surface area contributed by atoms with Crippen LogP contribution in [0.25, 0.3) is 0 Å². The fourth-order valence-electron chi connectivity index (χ4n) is 1.51. The van der Waals surface area contributed by atoms with Crippen LogP contribution in [-0.2, 0) is 0 Å². The van der Waals surface area contributed by atoms with Gasteiger partial charge >= 0.3 is 0 Å². The van der Waals surface area contributed by atoms with Crippen LogP contribution in [0, 0.1) is 5.82 Å². The van der Waals surface area contributed by atoms with Crippen LogP contribution >= 0.6 is 27.5 Å². The van der Waals surface area contributed by atoms with Crippen LogP contribution < -0.4 is 5.32 Å². The lowest BCUT2D eigenvalue weighted by Crippen LogP contribution is -2.10. The highest BCUT2D eigenvalue weighted by molar-refractivity contribution is 9.10. The molecule has 1 N–H and O–H groups in total. The van der Waals surface area contributed by atoms with Gasteiger partial charge in [-0.1, -0.05) is 30.3 Å².